The molecule has 1 atom stereocenters. The minimum absolute atomic E-state index is 0.0541. The van der Waals surface area contributed by atoms with Crippen molar-refractivity contribution in [3.8, 4) is 0 Å². The smallest absolute Gasteiger partial charge is 0.254 e. The number of halogens is 1. The zero-order valence-electron chi connectivity index (χ0n) is 15.1. The fraction of sp³-hybridized carbons (Fsp3) is 0.400. The summed E-state index contributed by atoms with van der Waals surface area (Å²) in [7, 11) is 0. The maximum absolute atomic E-state index is 13.3. The summed E-state index contributed by atoms with van der Waals surface area (Å²) < 4.78 is 13.3. The molecule has 1 aromatic carbocycles. The molecular formula is C20H21FN4O2. The SMILES string of the molecule is Cc1nc(C2CC2)ncc1C(=O)NC1CC(=O)N(Cc2cccc(F)c2)C1. The lowest BCUT2D eigenvalue weighted by Crippen LogP contribution is -2.37. The number of nitrogens with one attached hydrogen (secondary N) is 1. The van der Waals surface area contributed by atoms with Crippen molar-refractivity contribution in [3.05, 3.63) is 58.9 Å². The minimum atomic E-state index is -0.325. The maximum atomic E-state index is 13.3. The van der Waals surface area contributed by atoms with Gasteiger partial charge in [-0.25, -0.2) is 14.4 Å². The number of carbonyl (C=O) groups excluding carboxylic acids is 2. The van der Waals surface area contributed by atoms with Gasteiger partial charge in [0.25, 0.3) is 5.91 Å². The van der Waals surface area contributed by atoms with E-state index in [9.17, 15) is 14.0 Å². The molecule has 6 nitrogen and oxygen atoms in total. The third-order valence-electron chi connectivity index (χ3n) is 5.00. The number of rotatable bonds is 5. The average Bonchev–Trinajstić information content (AvgIpc) is 3.41. The van der Waals surface area contributed by atoms with Crippen molar-refractivity contribution in [3.63, 3.8) is 0 Å². The summed E-state index contributed by atoms with van der Waals surface area (Å²) in [5.74, 6) is 0.599. The first kappa shape index (κ1) is 17.6. The van der Waals surface area contributed by atoms with Crippen LogP contribution in [0.25, 0.3) is 0 Å². The highest BCUT2D eigenvalue weighted by Crippen LogP contribution is 2.37. The number of likely N-dealkylation sites (tertiary alicyclic amines) is 1. The molecule has 1 N–H and O–H groups in total. The van der Waals surface area contributed by atoms with Crippen LogP contribution in [0, 0.1) is 12.7 Å². The quantitative estimate of drug-likeness (QED) is 0.879. The summed E-state index contributed by atoms with van der Waals surface area (Å²) >= 11 is 0. The predicted octanol–water partition coefficient (Wildman–Crippen LogP) is 2.33. The number of amides is 2. The molecule has 4 rings (SSSR count). The molecule has 1 aliphatic heterocycles. The molecule has 2 aliphatic rings. The number of carbonyl (C=O) groups is 2. The van der Waals surface area contributed by atoms with Gasteiger partial charge in [-0.2, -0.15) is 0 Å². The molecule has 27 heavy (non-hydrogen) atoms. The van der Waals surface area contributed by atoms with Crippen molar-refractivity contribution in [2.75, 3.05) is 6.54 Å². The van der Waals surface area contributed by atoms with Gasteiger partial charge in [0.05, 0.1) is 17.3 Å². The number of nitrogens with zero attached hydrogens (tertiary/aromatic N) is 3. The van der Waals surface area contributed by atoms with Gasteiger partial charge in [0, 0.05) is 31.6 Å². The average molecular weight is 368 g/mol. The minimum Gasteiger partial charge on any atom is -0.347 e. The van der Waals surface area contributed by atoms with Crippen LogP contribution in [0.2, 0.25) is 0 Å². The van der Waals surface area contributed by atoms with Crippen molar-refractivity contribution in [2.24, 2.45) is 0 Å². The number of aromatic nitrogens is 2. The lowest BCUT2D eigenvalue weighted by molar-refractivity contribution is -0.128. The molecule has 1 saturated carbocycles. The second kappa shape index (κ2) is 7.06. The Balaban J connectivity index is 1.38. The molecule has 2 aromatic rings. The number of hydrogen-bond donors (Lipinski definition) is 1. The van der Waals surface area contributed by atoms with Gasteiger partial charge in [0.15, 0.2) is 0 Å². The highest BCUT2D eigenvalue weighted by molar-refractivity contribution is 5.95. The van der Waals surface area contributed by atoms with Crippen molar-refractivity contribution in [2.45, 2.75) is 44.7 Å². The first-order valence-electron chi connectivity index (χ1n) is 9.16. The Morgan fingerprint density at radius 1 is 1.37 bits per heavy atom. The normalized spacial score (nSPS) is 19.4. The molecule has 1 saturated heterocycles. The van der Waals surface area contributed by atoms with Gasteiger partial charge in [-0.15, -0.1) is 0 Å². The van der Waals surface area contributed by atoms with E-state index in [-0.39, 0.29) is 30.1 Å². The second-order valence-corrected chi connectivity index (χ2v) is 7.28. The third-order valence-corrected chi connectivity index (χ3v) is 5.00. The molecule has 0 spiro atoms. The Morgan fingerprint density at radius 3 is 2.89 bits per heavy atom. The molecule has 7 heteroatoms. The summed E-state index contributed by atoms with van der Waals surface area (Å²) in [4.78, 5) is 35.2. The molecule has 1 aromatic heterocycles. The van der Waals surface area contributed by atoms with Gasteiger partial charge >= 0.3 is 0 Å². The van der Waals surface area contributed by atoms with Gasteiger partial charge in [-0.1, -0.05) is 12.1 Å². The van der Waals surface area contributed by atoms with Crippen molar-refractivity contribution < 1.29 is 14.0 Å². The Morgan fingerprint density at radius 2 is 2.19 bits per heavy atom. The fourth-order valence-corrected chi connectivity index (χ4v) is 3.39. The van der Waals surface area contributed by atoms with Crippen LogP contribution in [0.5, 0.6) is 0 Å². The Bertz CT molecular complexity index is 897. The van der Waals surface area contributed by atoms with Gasteiger partial charge in [0.2, 0.25) is 5.91 Å². The molecule has 1 aliphatic carbocycles. The van der Waals surface area contributed by atoms with E-state index in [4.69, 9.17) is 0 Å². The largest absolute Gasteiger partial charge is 0.347 e. The second-order valence-electron chi connectivity index (χ2n) is 7.28. The van der Waals surface area contributed by atoms with Crippen molar-refractivity contribution >= 4 is 11.8 Å². The number of aryl methyl sites for hydroxylation is 1. The van der Waals surface area contributed by atoms with Crippen LogP contribution in [-0.4, -0.2) is 39.3 Å². The molecule has 0 radical (unpaired) electrons. The van der Waals surface area contributed by atoms with Crippen LogP contribution in [0.1, 0.15) is 52.6 Å². The topological polar surface area (TPSA) is 75.2 Å². The van der Waals surface area contributed by atoms with E-state index >= 15 is 0 Å². The zero-order valence-corrected chi connectivity index (χ0v) is 15.1. The van der Waals surface area contributed by atoms with Crippen LogP contribution in [-0.2, 0) is 11.3 Å². The summed E-state index contributed by atoms with van der Waals surface area (Å²) in [5.41, 5.74) is 1.83. The van der Waals surface area contributed by atoms with E-state index in [0.717, 1.165) is 24.2 Å². The van der Waals surface area contributed by atoms with Crippen molar-refractivity contribution in [1.29, 1.82) is 0 Å². The van der Waals surface area contributed by atoms with Gasteiger partial charge < -0.3 is 10.2 Å². The fourth-order valence-electron chi connectivity index (χ4n) is 3.39. The Labute approximate surface area is 156 Å². The predicted molar refractivity (Wildman–Crippen MR) is 96.4 cm³/mol. The molecule has 1 unspecified atom stereocenters. The summed E-state index contributed by atoms with van der Waals surface area (Å²) in [6.45, 7) is 2.54. The zero-order chi connectivity index (χ0) is 19.0. The first-order valence-corrected chi connectivity index (χ1v) is 9.16. The van der Waals surface area contributed by atoms with E-state index in [2.05, 4.69) is 15.3 Å². The van der Waals surface area contributed by atoms with E-state index in [1.165, 1.54) is 12.1 Å². The van der Waals surface area contributed by atoms with Crippen LogP contribution >= 0.6 is 0 Å². The third kappa shape index (κ3) is 3.97. The van der Waals surface area contributed by atoms with E-state index in [0.29, 0.717) is 30.3 Å². The van der Waals surface area contributed by atoms with E-state index in [1.54, 1.807) is 30.2 Å². The summed E-state index contributed by atoms with van der Waals surface area (Å²) in [6.07, 6.45) is 4.03. The number of benzene rings is 1. The lowest BCUT2D eigenvalue weighted by Gasteiger charge is -2.17. The van der Waals surface area contributed by atoms with E-state index < -0.39 is 0 Å². The molecule has 0 bridgehead atoms. The molecule has 140 valence electrons. The highest BCUT2D eigenvalue weighted by Gasteiger charge is 2.32. The van der Waals surface area contributed by atoms with Crippen LogP contribution < -0.4 is 5.32 Å². The molecular weight excluding hydrogens is 347 g/mol. The first-order chi connectivity index (χ1) is 13.0. The van der Waals surface area contributed by atoms with Crippen molar-refractivity contribution in [1.82, 2.24) is 20.2 Å². The Hall–Kier alpha value is -2.83. The van der Waals surface area contributed by atoms with E-state index in [1.807, 2.05) is 0 Å². The highest BCUT2D eigenvalue weighted by atomic mass is 19.1. The van der Waals surface area contributed by atoms with Crippen LogP contribution in [0.4, 0.5) is 4.39 Å². The standard InChI is InChI=1S/C20H21FN4O2/c1-12-17(9-22-19(23-12)14-5-6-14)20(27)24-16-8-18(26)25(11-16)10-13-3-2-4-15(21)7-13/h2-4,7,9,14,16H,5-6,8,10-11H2,1H3,(H,24,27). The summed E-state index contributed by atoms with van der Waals surface area (Å²) in [6, 6.07) is 5.92. The molecule has 2 amide bonds. The monoisotopic (exact) mass is 368 g/mol. The maximum Gasteiger partial charge on any atom is 0.254 e. The molecule has 2 heterocycles. The van der Waals surface area contributed by atoms with Gasteiger partial charge in [0.1, 0.15) is 11.6 Å². The Kier molecular flexibility index (Phi) is 4.59. The summed E-state index contributed by atoms with van der Waals surface area (Å²) in [5, 5.41) is 2.90. The number of hydrogen-bond acceptors (Lipinski definition) is 4. The van der Waals surface area contributed by atoms with Gasteiger partial charge in [-0.05, 0) is 37.5 Å². The lowest BCUT2D eigenvalue weighted by atomic mass is 10.2. The van der Waals surface area contributed by atoms with Crippen LogP contribution in [0.3, 0.4) is 0 Å². The van der Waals surface area contributed by atoms with Crippen LogP contribution in [0.15, 0.2) is 30.5 Å². The molecule has 2 fully saturated rings. The van der Waals surface area contributed by atoms with Gasteiger partial charge in [-0.3, -0.25) is 9.59 Å².